The van der Waals surface area contributed by atoms with Crippen molar-refractivity contribution in [2.45, 2.75) is 13.5 Å². The average Bonchev–Trinajstić information content (AvgIpc) is 2.37. The summed E-state index contributed by atoms with van der Waals surface area (Å²) < 4.78 is 5.34. The smallest absolute Gasteiger partial charge is 0.161 e. The van der Waals surface area contributed by atoms with Crippen molar-refractivity contribution in [1.29, 1.82) is 0 Å². The molecule has 0 aliphatic carbocycles. The van der Waals surface area contributed by atoms with Crippen LogP contribution in [0.3, 0.4) is 0 Å². The van der Waals surface area contributed by atoms with Crippen LogP contribution in [-0.4, -0.2) is 29.8 Å². The summed E-state index contributed by atoms with van der Waals surface area (Å²) in [6.07, 6.45) is 1.92. The zero-order valence-corrected chi connectivity index (χ0v) is 11.6. The van der Waals surface area contributed by atoms with E-state index >= 15 is 0 Å². The fraction of sp³-hybridized carbons (Fsp3) is 0.429. The summed E-state index contributed by atoms with van der Waals surface area (Å²) in [7, 11) is 0. The van der Waals surface area contributed by atoms with Crippen molar-refractivity contribution in [2.24, 2.45) is 0 Å². The number of aromatic hydroxyl groups is 1. The van der Waals surface area contributed by atoms with E-state index in [0.717, 1.165) is 30.2 Å². The van der Waals surface area contributed by atoms with Crippen LogP contribution in [0.5, 0.6) is 11.5 Å². The normalized spacial score (nSPS) is 10.3. The summed E-state index contributed by atoms with van der Waals surface area (Å²) in [5.41, 5.74) is 1.12. The van der Waals surface area contributed by atoms with E-state index in [1.807, 2.05) is 36.9 Å². The lowest BCUT2D eigenvalue weighted by Crippen LogP contribution is -2.16. The molecule has 1 rings (SSSR count). The molecule has 0 atom stereocenters. The zero-order chi connectivity index (χ0) is 13.2. The zero-order valence-electron chi connectivity index (χ0n) is 10.8. The predicted molar refractivity (Wildman–Crippen MR) is 78.5 cm³/mol. The van der Waals surface area contributed by atoms with E-state index in [4.69, 9.17) is 4.74 Å². The van der Waals surface area contributed by atoms with Gasteiger partial charge in [0.1, 0.15) is 0 Å². The van der Waals surface area contributed by atoms with E-state index in [0.29, 0.717) is 12.4 Å². The first-order valence-electron chi connectivity index (χ1n) is 6.12. The van der Waals surface area contributed by atoms with Crippen LogP contribution in [0, 0.1) is 0 Å². The molecule has 0 unspecified atom stereocenters. The van der Waals surface area contributed by atoms with Gasteiger partial charge in [-0.05, 0) is 24.6 Å². The Kier molecular flexibility index (Phi) is 7.37. The highest BCUT2D eigenvalue weighted by atomic mass is 32.2. The van der Waals surface area contributed by atoms with Crippen LogP contribution in [0.25, 0.3) is 0 Å². The average molecular weight is 267 g/mol. The van der Waals surface area contributed by atoms with Crippen molar-refractivity contribution in [2.75, 3.05) is 24.7 Å². The van der Waals surface area contributed by atoms with Crippen LogP contribution in [0.1, 0.15) is 12.5 Å². The largest absolute Gasteiger partial charge is 0.504 e. The molecule has 0 fully saturated rings. The van der Waals surface area contributed by atoms with E-state index in [2.05, 4.69) is 11.9 Å². The van der Waals surface area contributed by atoms with E-state index in [-0.39, 0.29) is 5.75 Å². The summed E-state index contributed by atoms with van der Waals surface area (Å²) in [5.74, 6) is 2.82. The number of rotatable bonds is 9. The van der Waals surface area contributed by atoms with Crippen LogP contribution in [-0.2, 0) is 6.54 Å². The molecule has 100 valence electrons. The van der Waals surface area contributed by atoms with Gasteiger partial charge >= 0.3 is 0 Å². The van der Waals surface area contributed by atoms with Gasteiger partial charge in [0, 0.05) is 24.6 Å². The third-order valence-corrected chi connectivity index (χ3v) is 3.28. The van der Waals surface area contributed by atoms with Gasteiger partial charge < -0.3 is 15.2 Å². The molecule has 1 aromatic carbocycles. The Balaban J connectivity index is 2.33. The molecule has 0 amide bonds. The number of hydrogen-bond acceptors (Lipinski definition) is 4. The molecule has 18 heavy (non-hydrogen) atoms. The molecule has 0 saturated carbocycles. The first kappa shape index (κ1) is 14.9. The second-order valence-corrected chi connectivity index (χ2v) is 4.93. The summed E-state index contributed by atoms with van der Waals surface area (Å²) in [5, 5.41) is 12.9. The number of thioether (sulfide) groups is 1. The predicted octanol–water partition coefficient (Wildman–Crippen LogP) is 2.80. The molecular weight excluding hydrogens is 246 g/mol. The minimum absolute atomic E-state index is 0.196. The van der Waals surface area contributed by atoms with Gasteiger partial charge in [-0.3, -0.25) is 0 Å². The number of hydrogen-bond donors (Lipinski definition) is 2. The molecule has 0 bridgehead atoms. The minimum Gasteiger partial charge on any atom is -0.504 e. The van der Waals surface area contributed by atoms with E-state index in [1.54, 1.807) is 6.07 Å². The fourth-order valence-electron chi connectivity index (χ4n) is 1.48. The lowest BCUT2D eigenvalue weighted by molar-refractivity contribution is 0.317. The highest BCUT2D eigenvalue weighted by Crippen LogP contribution is 2.26. The Hall–Kier alpha value is -1.13. The van der Waals surface area contributed by atoms with Gasteiger partial charge in [-0.25, -0.2) is 0 Å². The highest BCUT2D eigenvalue weighted by Gasteiger charge is 2.02. The van der Waals surface area contributed by atoms with Crippen molar-refractivity contribution in [3.63, 3.8) is 0 Å². The molecule has 1 aromatic rings. The van der Waals surface area contributed by atoms with Crippen molar-refractivity contribution in [3.05, 3.63) is 36.4 Å². The summed E-state index contributed by atoms with van der Waals surface area (Å²) in [6, 6.07) is 5.46. The number of phenolic OH excluding ortho intramolecular Hbond substituents is 1. The van der Waals surface area contributed by atoms with Crippen molar-refractivity contribution in [1.82, 2.24) is 5.32 Å². The standard InChI is InChI=1S/C14H21NO2S/c1-3-8-18-9-7-15-11-12-5-6-13(16)14(10-12)17-4-2/h3,5-6,10,15-16H,1,4,7-9,11H2,2H3. The number of benzene rings is 1. The third-order valence-electron chi connectivity index (χ3n) is 2.31. The second-order valence-electron chi connectivity index (χ2n) is 3.78. The molecule has 3 nitrogen and oxygen atoms in total. The summed E-state index contributed by atoms with van der Waals surface area (Å²) in [4.78, 5) is 0. The lowest BCUT2D eigenvalue weighted by atomic mass is 10.2. The first-order chi connectivity index (χ1) is 8.77. The monoisotopic (exact) mass is 267 g/mol. The van der Waals surface area contributed by atoms with Gasteiger partial charge in [0.05, 0.1) is 6.61 Å². The summed E-state index contributed by atoms with van der Waals surface area (Å²) >= 11 is 1.86. The SMILES string of the molecule is C=CCSCCNCc1ccc(O)c(OCC)c1. The van der Waals surface area contributed by atoms with Gasteiger partial charge in [-0.2, -0.15) is 11.8 Å². The van der Waals surface area contributed by atoms with Crippen LogP contribution in [0.2, 0.25) is 0 Å². The Morgan fingerprint density at radius 3 is 3.06 bits per heavy atom. The Morgan fingerprint density at radius 2 is 2.33 bits per heavy atom. The highest BCUT2D eigenvalue weighted by molar-refractivity contribution is 7.99. The van der Waals surface area contributed by atoms with Crippen LogP contribution in [0.15, 0.2) is 30.9 Å². The maximum absolute atomic E-state index is 9.58. The number of nitrogens with one attached hydrogen (secondary N) is 1. The Labute approximate surface area is 113 Å². The molecule has 0 aromatic heterocycles. The second kappa shape index (κ2) is 8.89. The number of phenols is 1. The quantitative estimate of drug-likeness (QED) is 0.533. The van der Waals surface area contributed by atoms with Crippen LogP contribution < -0.4 is 10.1 Å². The molecule has 0 radical (unpaired) electrons. The molecule has 4 heteroatoms. The maximum Gasteiger partial charge on any atom is 0.161 e. The molecule has 0 saturated heterocycles. The molecule has 0 aliphatic rings. The maximum atomic E-state index is 9.58. The number of ether oxygens (including phenoxy) is 1. The van der Waals surface area contributed by atoms with E-state index < -0.39 is 0 Å². The van der Waals surface area contributed by atoms with Gasteiger partial charge in [0.25, 0.3) is 0 Å². The Morgan fingerprint density at radius 1 is 1.50 bits per heavy atom. The van der Waals surface area contributed by atoms with Crippen molar-refractivity contribution < 1.29 is 9.84 Å². The molecule has 0 heterocycles. The fourth-order valence-corrected chi connectivity index (χ4v) is 2.11. The molecule has 0 spiro atoms. The van der Waals surface area contributed by atoms with E-state index in [1.165, 1.54) is 0 Å². The summed E-state index contributed by atoms with van der Waals surface area (Å²) in [6.45, 7) is 7.89. The van der Waals surface area contributed by atoms with Crippen molar-refractivity contribution in [3.8, 4) is 11.5 Å². The van der Waals surface area contributed by atoms with Gasteiger partial charge in [0.15, 0.2) is 11.5 Å². The molecular formula is C14H21NO2S. The molecule has 0 aliphatic heterocycles. The topological polar surface area (TPSA) is 41.5 Å². The van der Waals surface area contributed by atoms with Gasteiger partial charge in [-0.15, -0.1) is 6.58 Å². The molecule has 2 N–H and O–H groups in total. The first-order valence-corrected chi connectivity index (χ1v) is 7.27. The third kappa shape index (κ3) is 5.47. The van der Waals surface area contributed by atoms with Gasteiger partial charge in [0.2, 0.25) is 0 Å². The van der Waals surface area contributed by atoms with Crippen molar-refractivity contribution >= 4 is 11.8 Å². The lowest BCUT2D eigenvalue weighted by Gasteiger charge is -2.09. The van der Waals surface area contributed by atoms with Crippen LogP contribution in [0.4, 0.5) is 0 Å². The van der Waals surface area contributed by atoms with Crippen LogP contribution >= 0.6 is 11.8 Å². The minimum atomic E-state index is 0.196. The van der Waals surface area contributed by atoms with Gasteiger partial charge in [-0.1, -0.05) is 12.1 Å². The Bertz CT molecular complexity index is 369. The van der Waals surface area contributed by atoms with E-state index in [9.17, 15) is 5.11 Å².